The van der Waals surface area contributed by atoms with Crippen LogP contribution in [0, 0.1) is 0 Å². The first-order valence-electron chi connectivity index (χ1n) is 8.78. The molecule has 0 unspecified atom stereocenters. The fourth-order valence-electron chi connectivity index (χ4n) is 3.37. The van der Waals surface area contributed by atoms with Crippen molar-refractivity contribution >= 4 is 17.6 Å². The lowest BCUT2D eigenvalue weighted by atomic mass is 9.95. The van der Waals surface area contributed by atoms with Crippen LogP contribution < -0.4 is 10.2 Å². The highest BCUT2D eigenvalue weighted by atomic mass is 16.2. The van der Waals surface area contributed by atoms with Gasteiger partial charge in [-0.15, -0.1) is 10.2 Å². The maximum Gasteiger partial charge on any atom is 0.272 e. The molecule has 2 amide bonds. The minimum absolute atomic E-state index is 0.107. The van der Waals surface area contributed by atoms with Gasteiger partial charge in [0.25, 0.3) is 5.91 Å². The summed E-state index contributed by atoms with van der Waals surface area (Å²) in [5, 5.41) is 11.3. The van der Waals surface area contributed by atoms with Gasteiger partial charge in [0.15, 0.2) is 11.5 Å². The number of anilines is 1. The van der Waals surface area contributed by atoms with Crippen molar-refractivity contribution < 1.29 is 9.59 Å². The molecule has 0 bridgehead atoms. The second kappa shape index (κ2) is 7.59. The molecule has 1 aromatic rings. The van der Waals surface area contributed by atoms with Crippen LogP contribution in [-0.4, -0.2) is 59.1 Å². The Balaban J connectivity index is 1.55. The highest BCUT2D eigenvalue weighted by molar-refractivity contribution is 5.92. The van der Waals surface area contributed by atoms with Crippen molar-refractivity contribution in [3.63, 3.8) is 0 Å². The predicted octanol–water partition coefficient (Wildman–Crippen LogP) is 1.21. The molecule has 7 nitrogen and oxygen atoms in total. The number of aromatic nitrogens is 2. The molecule has 24 heavy (non-hydrogen) atoms. The van der Waals surface area contributed by atoms with Crippen LogP contribution in [0.4, 0.5) is 5.82 Å². The van der Waals surface area contributed by atoms with Crippen molar-refractivity contribution in [2.75, 3.05) is 31.1 Å². The summed E-state index contributed by atoms with van der Waals surface area (Å²) in [6.07, 6.45) is 5.73. The molecular weight excluding hydrogens is 306 g/mol. The van der Waals surface area contributed by atoms with Gasteiger partial charge in [-0.2, -0.15) is 0 Å². The molecule has 7 heteroatoms. The SMILES string of the molecule is CC(=O)N1CCN(c2ccc(C(=O)NC3CCCCC3)nn2)CC1. The zero-order chi connectivity index (χ0) is 16.9. The quantitative estimate of drug-likeness (QED) is 0.901. The van der Waals surface area contributed by atoms with Gasteiger partial charge in [0.1, 0.15) is 0 Å². The smallest absolute Gasteiger partial charge is 0.272 e. The summed E-state index contributed by atoms with van der Waals surface area (Å²) < 4.78 is 0. The Bertz CT molecular complexity index is 575. The molecule has 1 saturated heterocycles. The summed E-state index contributed by atoms with van der Waals surface area (Å²) in [6.45, 7) is 4.46. The van der Waals surface area contributed by atoms with E-state index in [-0.39, 0.29) is 17.9 Å². The molecule has 3 rings (SSSR count). The first-order chi connectivity index (χ1) is 11.6. The molecule has 1 aliphatic carbocycles. The number of carbonyl (C=O) groups is 2. The Morgan fingerprint density at radius 2 is 1.75 bits per heavy atom. The number of nitrogens with zero attached hydrogens (tertiary/aromatic N) is 4. The van der Waals surface area contributed by atoms with Gasteiger partial charge in [-0.05, 0) is 25.0 Å². The number of amides is 2. The highest BCUT2D eigenvalue weighted by Gasteiger charge is 2.21. The Labute approximate surface area is 142 Å². The lowest BCUT2D eigenvalue weighted by Gasteiger charge is -2.34. The second-order valence-corrected chi connectivity index (χ2v) is 6.58. The molecule has 2 heterocycles. The van der Waals surface area contributed by atoms with E-state index in [1.807, 2.05) is 11.0 Å². The average Bonchev–Trinajstić information content (AvgIpc) is 2.63. The van der Waals surface area contributed by atoms with E-state index < -0.39 is 0 Å². The molecule has 1 saturated carbocycles. The lowest BCUT2D eigenvalue weighted by Crippen LogP contribution is -2.48. The molecule has 0 aromatic carbocycles. The third-order valence-electron chi connectivity index (χ3n) is 4.87. The maximum absolute atomic E-state index is 12.2. The number of hydrogen-bond acceptors (Lipinski definition) is 5. The van der Waals surface area contributed by atoms with E-state index in [9.17, 15) is 9.59 Å². The van der Waals surface area contributed by atoms with Crippen LogP contribution >= 0.6 is 0 Å². The zero-order valence-electron chi connectivity index (χ0n) is 14.2. The lowest BCUT2D eigenvalue weighted by molar-refractivity contribution is -0.129. The number of hydrogen-bond donors (Lipinski definition) is 1. The van der Waals surface area contributed by atoms with E-state index in [2.05, 4.69) is 20.4 Å². The van der Waals surface area contributed by atoms with Gasteiger partial charge in [0.2, 0.25) is 5.91 Å². The largest absolute Gasteiger partial charge is 0.352 e. The molecule has 0 radical (unpaired) electrons. The number of carbonyl (C=O) groups excluding carboxylic acids is 2. The van der Waals surface area contributed by atoms with E-state index in [1.54, 1.807) is 13.0 Å². The van der Waals surface area contributed by atoms with Crippen LogP contribution in [-0.2, 0) is 4.79 Å². The van der Waals surface area contributed by atoms with Crippen molar-refractivity contribution in [1.29, 1.82) is 0 Å². The van der Waals surface area contributed by atoms with E-state index in [0.717, 1.165) is 31.7 Å². The van der Waals surface area contributed by atoms with Gasteiger partial charge in [-0.3, -0.25) is 9.59 Å². The van der Waals surface area contributed by atoms with Gasteiger partial charge >= 0.3 is 0 Å². The molecule has 2 fully saturated rings. The van der Waals surface area contributed by atoms with Gasteiger partial charge in [-0.25, -0.2) is 0 Å². The third kappa shape index (κ3) is 4.01. The Hall–Kier alpha value is -2.18. The topological polar surface area (TPSA) is 78.4 Å². The predicted molar refractivity (Wildman–Crippen MR) is 90.8 cm³/mol. The van der Waals surface area contributed by atoms with E-state index in [0.29, 0.717) is 18.8 Å². The Morgan fingerprint density at radius 1 is 1.04 bits per heavy atom. The van der Waals surface area contributed by atoms with E-state index >= 15 is 0 Å². The van der Waals surface area contributed by atoms with Crippen LogP contribution in [0.1, 0.15) is 49.5 Å². The molecule has 1 aromatic heterocycles. The Kier molecular flexibility index (Phi) is 5.27. The molecule has 0 spiro atoms. The summed E-state index contributed by atoms with van der Waals surface area (Å²) in [7, 11) is 0. The monoisotopic (exact) mass is 331 g/mol. The zero-order valence-corrected chi connectivity index (χ0v) is 14.2. The molecular formula is C17H25N5O2. The maximum atomic E-state index is 12.2. The van der Waals surface area contributed by atoms with E-state index in [1.165, 1.54) is 19.3 Å². The first-order valence-corrected chi connectivity index (χ1v) is 8.78. The van der Waals surface area contributed by atoms with Crippen LogP contribution in [0.2, 0.25) is 0 Å². The van der Waals surface area contributed by atoms with Crippen LogP contribution in [0.15, 0.2) is 12.1 Å². The van der Waals surface area contributed by atoms with Gasteiger partial charge in [0.05, 0.1) is 0 Å². The fourth-order valence-corrected chi connectivity index (χ4v) is 3.37. The van der Waals surface area contributed by atoms with Crippen molar-refractivity contribution in [2.24, 2.45) is 0 Å². The van der Waals surface area contributed by atoms with Crippen molar-refractivity contribution in [3.05, 3.63) is 17.8 Å². The first kappa shape index (κ1) is 16.7. The highest BCUT2D eigenvalue weighted by Crippen LogP contribution is 2.18. The third-order valence-corrected chi connectivity index (χ3v) is 4.87. The summed E-state index contributed by atoms with van der Waals surface area (Å²) in [4.78, 5) is 27.5. The summed E-state index contributed by atoms with van der Waals surface area (Å²) in [5.74, 6) is 0.727. The Morgan fingerprint density at radius 3 is 2.33 bits per heavy atom. The number of piperazine rings is 1. The minimum atomic E-state index is -0.137. The van der Waals surface area contributed by atoms with Crippen molar-refractivity contribution in [1.82, 2.24) is 20.4 Å². The van der Waals surface area contributed by atoms with Crippen molar-refractivity contribution in [2.45, 2.75) is 45.1 Å². The molecule has 2 aliphatic rings. The molecule has 0 atom stereocenters. The van der Waals surface area contributed by atoms with Crippen molar-refractivity contribution in [3.8, 4) is 0 Å². The normalized spacial score (nSPS) is 19.2. The summed E-state index contributed by atoms with van der Waals surface area (Å²) in [5.41, 5.74) is 0.367. The van der Waals surface area contributed by atoms with E-state index in [4.69, 9.17) is 0 Å². The molecule has 130 valence electrons. The number of rotatable bonds is 3. The van der Waals surface area contributed by atoms with Crippen LogP contribution in [0.3, 0.4) is 0 Å². The number of nitrogens with one attached hydrogen (secondary N) is 1. The second-order valence-electron chi connectivity index (χ2n) is 6.58. The van der Waals surface area contributed by atoms with Crippen LogP contribution in [0.5, 0.6) is 0 Å². The minimum Gasteiger partial charge on any atom is -0.352 e. The van der Waals surface area contributed by atoms with Gasteiger partial charge < -0.3 is 15.1 Å². The van der Waals surface area contributed by atoms with Gasteiger partial charge in [0, 0.05) is 39.1 Å². The summed E-state index contributed by atoms with van der Waals surface area (Å²) >= 11 is 0. The molecule has 1 aliphatic heterocycles. The summed E-state index contributed by atoms with van der Waals surface area (Å²) in [6, 6.07) is 3.84. The standard InChI is InChI=1S/C17H25N5O2/c1-13(23)21-9-11-22(12-10-21)16-8-7-15(19-20-16)17(24)18-14-5-3-2-4-6-14/h7-8,14H,2-6,9-12H2,1H3,(H,18,24). The molecule has 1 N–H and O–H groups in total. The van der Waals surface area contributed by atoms with Gasteiger partial charge in [-0.1, -0.05) is 19.3 Å². The fraction of sp³-hybridized carbons (Fsp3) is 0.647. The average molecular weight is 331 g/mol. The van der Waals surface area contributed by atoms with Crippen LogP contribution in [0.25, 0.3) is 0 Å².